The van der Waals surface area contributed by atoms with Crippen molar-refractivity contribution in [1.82, 2.24) is 0 Å². The molecule has 1 atom stereocenters. The van der Waals surface area contributed by atoms with E-state index in [2.05, 4.69) is 21.2 Å². The largest absolute Gasteiger partial charge is 0.472 e. The number of rotatable bonds is 3. The van der Waals surface area contributed by atoms with Crippen LogP contribution in [0.3, 0.4) is 0 Å². The van der Waals surface area contributed by atoms with Crippen LogP contribution in [0.25, 0.3) is 11.1 Å². The third kappa shape index (κ3) is 1.73. The molecule has 0 bridgehead atoms. The summed E-state index contributed by atoms with van der Waals surface area (Å²) in [7, 11) is 0. The van der Waals surface area contributed by atoms with Crippen LogP contribution < -0.4 is 5.01 Å². The molecule has 7 nitrogen and oxygen atoms in total. The van der Waals surface area contributed by atoms with Gasteiger partial charge in [0.1, 0.15) is 11.9 Å². The molecule has 24 heavy (non-hydrogen) atoms. The van der Waals surface area contributed by atoms with Crippen molar-refractivity contribution in [1.29, 1.82) is 0 Å². The Morgan fingerprint density at radius 2 is 2.04 bits per heavy atom. The molecule has 7 heteroatoms. The van der Waals surface area contributed by atoms with Crippen molar-refractivity contribution < 1.29 is 13.5 Å². The first-order valence-corrected chi connectivity index (χ1v) is 7.39. The monoisotopic (exact) mass is 318 g/mol. The van der Waals surface area contributed by atoms with Crippen LogP contribution in [0, 0.1) is 0 Å². The van der Waals surface area contributed by atoms with Gasteiger partial charge < -0.3 is 8.83 Å². The molecule has 0 N–H and O–H groups in total. The zero-order valence-corrected chi connectivity index (χ0v) is 12.5. The van der Waals surface area contributed by atoms with Gasteiger partial charge in [0.05, 0.1) is 25.0 Å². The summed E-state index contributed by atoms with van der Waals surface area (Å²) >= 11 is 0. The number of aliphatic imine (C=N–C) groups is 2. The molecule has 3 aliphatic heterocycles. The van der Waals surface area contributed by atoms with Gasteiger partial charge in [-0.3, -0.25) is 4.99 Å². The summed E-state index contributed by atoms with van der Waals surface area (Å²) in [6, 6.07) is 9.75. The lowest BCUT2D eigenvalue weighted by Crippen LogP contribution is -2.54. The summed E-state index contributed by atoms with van der Waals surface area (Å²) in [5, 5.41) is 6.51. The van der Waals surface area contributed by atoms with Crippen LogP contribution in [0.15, 0.2) is 85.4 Å². The molecule has 4 heterocycles. The van der Waals surface area contributed by atoms with Crippen LogP contribution in [0.5, 0.6) is 0 Å². The van der Waals surface area contributed by atoms with Gasteiger partial charge in [0.25, 0.3) is 5.88 Å². The highest BCUT2D eigenvalue weighted by atomic mass is 16.4. The highest BCUT2D eigenvalue weighted by molar-refractivity contribution is 6.29. The quantitative estimate of drug-likeness (QED) is 0.691. The normalized spacial score (nSPS) is 21.2. The van der Waals surface area contributed by atoms with Crippen molar-refractivity contribution in [2.45, 2.75) is 0 Å². The van der Waals surface area contributed by atoms with Crippen molar-refractivity contribution in [2.75, 3.05) is 5.01 Å². The summed E-state index contributed by atoms with van der Waals surface area (Å²) < 4.78 is 11.0. The van der Waals surface area contributed by atoms with Crippen LogP contribution in [0.2, 0.25) is 0 Å². The third-order valence-electron chi connectivity index (χ3n) is 4.03. The molecule has 0 fully saturated rings. The molecular weight excluding hydrogens is 306 g/mol. The van der Waals surface area contributed by atoms with Crippen LogP contribution in [0.1, 0.15) is 0 Å². The second-order valence-electron chi connectivity index (χ2n) is 5.39. The number of nitrogens with zero attached hydrogens (tertiary/aromatic N) is 5. The summed E-state index contributed by atoms with van der Waals surface area (Å²) in [6.07, 6.45) is 11.8. The van der Waals surface area contributed by atoms with Crippen LogP contribution in [0.4, 0.5) is 11.6 Å². The first-order chi connectivity index (χ1) is 11.9. The minimum Gasteiger partial charge on any atom is -0.472 e. The van der Waals surface area contributed by atoms with Gasteiger partial charge in [-0.25, -0.2) is 0 Å². The van der Waals surface area contributed by atoms with E-state index in [4.69, 9.17) is 8.83 Å². The fraction of sp³-hybridized carbons (Fsp3) is 0. The summed E-state index contributed by atoms with van der Waals surface area (Å²) in [5.41, 5.74) is 2.98. The molecule has 4 aliphatic rings. The predicted molar refractivity (Wildman–Crippen MR) is 90.0 cm³/mol. The van der Waals surface area contributed by atoms with Crippen molar-refractivity contribution in [3.05, 3.63) is 61.5 Å². The number of quaternary nitrogens is 1. The molecule has 0 amide bonds. The Kier molecular flexibility index (Phi) is 2.59. The van der Waals surface area contributed by atoms with E-state index in [0.29, 0.717) is 11.7 Å². The van der Waals surface area contributed by atoms with E-state index in [1.165, 1.54) is 6.34 Å². The topological polar surface area (TPSA) is 66.6 Å². The Labute approximate surface area is 137 Å². The van der Waals surface area contributed by atoms with Gasteiger partial charge in [0, 0.05) is 11.6 Å². The Hall–Kier alpha value is -3.45. The van der Waals surface area contributed by atoms with E-state index < -0.39 is 0 Å². The average Bonchev–Trinajstić information content (AvgIpc) is 3.34. The van der Waals surface area contributed by atoms with Gasteiger partial charge in [-0.1, -0.05) is 0 Å². The number of amidine groups is 1. The number of furan rings is 1. The van der Waals surface area contributed by atoms with Crippen LogP contribution >= 0.6 is 0 Å². The lowest BCUT2D eigenvalue weighted by Gasteiger charge is -2.33. The Balaban J connectivity index is 1.74. The fourth-order valence-electron chi connectivity index (χ4n) is 2.97. The molecule has 1 aromatic heterocycles. The van der Waals surface area contributed by atoms with Crippen LogP contribution in [-0.4, -0.2) is 23.1 Å². The maximum absolute atomic E-state index is 5.68. The smallest absolute Gasteiger partial charge is 0.305 e. The van der Waals surface area contributed by atoms with E-state index >= 15 is 0 Å². The lowest BCUT2D eigenvalue weighted by molar-refractivity contribution is -0.794. The third-order valence-corrected chi connectivity index (χ3v) is 4.03. The minimum atomic E-state index is 0.0183. The molecule has 0 spiro atoms. The van der Waals surface area contributed by atoms with Crippen molar-refractivity contribution in [2.24, 2.45) is 15.1 Å². The molecule has 0 saturated heterocycles. The SMILES string of the molecule is C1=C[N+]2(N(c3cc4ccocc-4c3)c3ccco3)N=CN=C2C=N1. The van der Waals surface area contributed by atoms with Gasteiger partial charge in [0.2, 0.25) is 0 Å². The number of hydrogen-bond acceptors (Lipinski definition) is 6. The van der Waals surface area contributed by atoms with E-state index in [9.17, 15) is 0 Å². The number of anilines is 2. The molecule has 1 aliphatic carbocycles. The molecule has 116 valence electrons. The van der Waals surface area contributed by atoms with E-state index in [1.54, 1.807) is 31.2 Å². The summed E-state index contributed by atoms with van der Waals surface area (Å²) in [6.45, 7) is 0. The van der Waals surface area contributed by atoms with Crippen molar-refractivity contribution in [3.63, 3.8) is 0 Å². The zero-order chi connectivity index (χ0) is 16.0. The van der Waals surface area contributed by atoms with Gasteiger partial charge in [-0.2, -0.15) is 4.99 Å². The fourth-order valence-corrected chi connectivity index (χ4v) is 2.97. The van der Waals surface area contributed by atoms with Crippen molar-refractivity contribution in [3.8, 4) is 11.1 Å². The van der Waals surface area contributed by atoms with Gasteiger partial charge in [-0.15, -0.1) is 5.01 Å². The zero-order valence-electron chi connectivity index (χ0n) is 12.5. The highest BCUT2D eigenvalue weighted by Crippen LogP contribution is 2.40. The molecule has 1 unspecified atom stereocenters. The van der Waals surface area contributed by atoms with Gasteiger partial charge >= 0.3 is 5.84 Å². The maximum atomic E-state index is 5.68. The van der Waals surface area contributed by atoms with E-state index in [1.807, 2.05) is 35.5 Å². The molecule has 0 saturated carbocycles. The maximum Gasteiger partial charge on any atom is 0.305 e. The first kappa shape index (κ1) is 13.0. The van der Waals surface area contributed by atoms with Crippen LogP contribution in [-0.2, 0) is 0 Å². The second kappa shape index (κ2) is 4.77. The Morgan fingerprint density at radius 3 is 2.92 bits per heavy atom. The predicted octanol–water partition coefficient (Wildman–Crippen LogP) is 3.76. The molecule has 5 rings (SSSR count). The first-order valence-electron chi connectivity index (χ1n) is 7.39. The lowest BCUT2D eigenvalue weighted by atomic mass is 10.2. The van der Waals surface area contributed by atoms with Crippen molar-refractivity contribution >= 4 is 30.0 Å². The number of hydrogen-bond donors (Lipinski definition) is 0. The molecule has 1 aromatic rings. The average molecular weight is 318 g/mol. The molecule has 0 aromatic carbocycles. The second-order valence-corrected chi connectivity index (χ2v) is 5.39. The molecular formula is C17H12N5O2+. The van der Waals surface area contributed by atoms with E-state index in [0.717, 1.165) is 16.8 Å². The number of fused-ring (bicyclic) bond motifs is 2. The van der Waals surface area contributed by atoms with Gasteiger partial charge in [0.15, 0.2) is 12.5 Å². The summed E-state index contributed by atoms with van der Waals surface area (Å²) in [4.78, 5) is 8.50. The highest BCUT2D eigenvalue weighted by Gasteiger charge is 2.47. The van der Waals surface area contributed by atoms with E-state index in [-0.39, 0.29) is 4.70 Å². The Bertz CT molecular complexity index is 952. The standard InChI is InChI=1S/C17H12N5O2/c1-2-17(24-6-1)21(15-8-13-3-7-23-11-14(13)9-15)22-5-4-18-10-16(22)19-12-20-22/h1-12H/q+1. The summed E-state index contributed by atoms with van der Waals surface area (Å²) in [5.74, 6) is 1.33. The minimum absolute atomic E-state index is 0.0183. The van der Waals surface area contributed by atoms with Gasteiger partial charge in [-0.05, 0) is 39.6 Å². The molecule has 0 radical (unpaired) electrons. The Morgan fingerprint density at radius 1 is 1.08 bits per heavy atom.